The van der Waals surface area contributed by atoms with Gasteiger partial charge in [-0.1, -0.05) is 52.8 Å². The molecule has 0 aromatic carbocycles. The third-order valence-corrected chi connectivity index (χ3v) is 3.63. The second kappa shape index (κ2) is 13.8. The maximum atomic E-state index is 11.9. The first-order chi connectivity index (χ1) is 11.6. The first kappa shape index (κ1) is 22.4. The number of carbonyl (C=O) groups is 1. The third-order valence-electron chi connectivity index (χ3n) is 3.63. The van der Waals surface area contributed by atoms with Crippen molar-refractivity contribution >= 4 is 5.97 Å². The summed E-state index contributed by atoms with van der Waals surface area (Å²) in [5.41, 5.74) is 0.515. The standard InChI is InChI=1S/C18H29NO3.C2H6/c1-5-11-19(6-2)12-8-13-22-17-10-7-9-15(3)14-16(17)18(20)21-4;1-2/h7,9-10,14-15H,5-6,8,11-13H2,1-4H3;1-2H3. The molecule has 0 radical (unpaired) electrons. The summed E-state index contributed by atoms with van der Waals surface area (Å²) in [5, 5.41) is 0. The topological polar surface area (TPSA) is 38.8 Å². The molecule has 0 bridgehead atoms. The quantitative estimate of drug-likeness (QED) is 0.463. The van der Waals surface area contributed by atoms with Crippen LogP contribution in [-0.2, 0) is 14.3 Å². The minimum absolute atomic E-state index is 0.187. The molecule has 1 atom stereocenters. The van der Waals surface area contributed by atoms with E-state index in [1.807, 2.05) is 45.1 Å². The van der Waals surface area contributed by atoms with Gasteiger partial charge in [0.15, 0.2) is 0 Å². The second-order valence-electron chi connectivity index (χ2n) is 5.48. The van der Waals surface area contributed by atoms with E-state index in [2.05, 4.69) is 18.7 Å². The van der Waals surface area contributed by atoms with E-state index in [0.29, 0.717) is 17.9 Å². The van der Waals surface area contributed by atoms with Gasteiger partial charge >= 0.3 is 5.97 Å². The smallest absolute Gasteiger partial charge is 0.341 e. The summed E-state index contributed by atoms with van der Waals surface area (Å²) in [4.78, 5) is 14.3. The van der Waals surface area contributed by atoms with Gasteiger partial charge in [0.05, 0.1) is 19.3 Å². The highest BCUT2D eigenvalue weighted by Crippen LogP contribution is 2.20. The zero-order chi connectivity index (χ0) is 18.4. The zero-order valence-corrected chi connectivity index (χ0v) is 16.3. The zero-order valence-electron chi connectivity index (χ0n) is 16.3. The molecule has 0 saturated heterocycles. The summed E-state index contributed by atoms with van der Waals surface area (Å²) in [6, 6.07) is 0. The SMILES string of the molecule is CC.CCCN(CC)CCCOC1=CC=CC(C)C=C1C(=O)OC. The van der Waals surface area contributed by atoms with Crippen LogP contribution in [0.4, 0.5) is 0 Å². The van der Waals surface area contributed by atoms with E-state index in [1.54, 1.807) is 0 Å². The number of allylic oxidation sites excluding steroid dienone is 4. The summed E-state index contributed by atoms with van der Waals surface area (Å²) in [5.74, 6) is 0.445. The molecule has 0 N–H and O–H groups in total. The van der Waals surface area contributed by atoms with Crippen molar-refractivity contribution in [3.8, 4) is 0 Å². The van der Waals surface area contributed by atoms with E-state index in [4.69, 9.17) is 9.47 Å². The molecule has 0 fully saturated rings. The van der Waals surface area contributed by atoms with E-state index in [0.717, 1.165) is 32.5 Å². The molecule has 0 aromatic heterocycles. The van der Waals surface area contributed by atoms with Crippen LogP contribution in [-0.4, -0.2) is 44.2 Å². The average molecular weight is 338 g/mol. The van der Waals surface area contributed by atoms with Crippen LogP contribution in [0.25, 0.3) is 0 Å². The van der Waals surface area contributed by atoms with Crippen molar-refractivity contribution in [1.82, 2.24) is 4.90 Å². The second-order valence-corrected chi connectivity index (χ2v) is 5.48. The third kappa shape index (κ3) is 8.34. The van der Waals surface area contributed by atoms with Gasteiger partial charge in [-0.2, -0.15) is 0 Å². The highest BCUT2D eigenvalue weighted by molar-refractivity contribution is 5.93. The molecule has 1 rings (SSSR count). The number of methoxy groups -OCH3 is 1. The van der Waals surface area contributed by atoms with Gasteiger partial charge in [0.1, 0.15) is 5.76 Å². The van der Waals surface area contributed by atoms with Crippen molar-refractivity contribution < 1.29 is 14.3 Å². The van der Waals surface area contributed by atoms with E-state index in [1.165, 1.54) is 7.11 Å². The first-order valence-electron chi connectivity index (χ1n) is 9.16. The number of esters is 1. The minimum Gasteiger partial charge on any atom is -0.493 e. The number of carbonyl (C=O) groups excluding carboxylic acids is 1. The number of rotatable bonds is 9. The Morgan fingerprint density at radius 3 is 2.54 bits per heavy atom. The Balaban J connectivity index is 0.00000254. The molecule has 0 amide bonds. The molecule has 138 valence electrons. The number of ether oxygens (including phenoxy) is 2. The average Bonchev–Trinajstić information content (AvgIpc) is 2.80. The highest BCUT2D eigenvalue weighted by atomic mass is 16.5. The Morgan fingerprint density at radius 1 is 1.25 bits per heavy atom. The maximum absolute atomic E-state index is 11.9. The summed E-state index contributed by atoms with van der Waals surface area (Å²) in [6.07, 6.45) is 9.80. The molecule has 1 unspecified atom stereocenters. The van der Waals surface area contributed by atoms with Crippen LogP contribution in [0.1, 0.15) is 47.5 Å². The lowest BCUT2D eigenvalue weighted by atomic mass is 10.1. The monoisotopic (exact) mass is 337 g/mol. The van der Waals surface area contributed by atoms with Gasteiger partial charge < -0.3 is 14.4 Å². The lowest BCUT2D eigenvalue weighted by Crippen LogP contribution is -2.26. The van der Waals surface area contributed by atoms with E-state index in [9.17, 15) is 4.79 Å². The Bertz CT molecular complexity index is 438. The Morgan fingerprint density at radius 2 is 1.96 bits per heavy atom. The fourth-order valence-corrected chi connectivity index (χ4v) is 2.43. The molecular weight excluding hydrogens is 302 g/mol. The molecular formula is C20H35NO3. The van der Waals surface area contributed by atoms with Crippen LogP contribution in [0.15, 0.2) is 35.6 Å². The summed E-state index contributed by atoms with van der Waals surface area (Å²) < 4.78 is 10.7. The largest absolute Gasteiger partial charge is 0.493 e. The summed E-state index contributed by atoms with van der Waals surface area (Å²) in [7, 11) is 1.40. The lowest BCUT2D eigenvalue weighted by molar-refractivity contribution is -0.136. The predicted molar refractivity (Wildman–Crippen MR) is 101 cm³/mol. The van der Waals surface area contributed by atoms with Crippen molar-refractivity contribution in [2.45, 2.75) is 47.5 Å². The molecule has 4 heteroatoms. The molecule has 24 heavy (non-hydrogen) atoms. The van der Waals surface area contributed by atoms with Crippen molar-refractivity contribution in [2.24, 2.45) is 5.92 Å². The van der Waals surface area contributed by atoms with Gasteiger partial charge in [-0.05, 0) is 37.9 Å². The van der Waals surface area contributed by atoms with Crippen LogP contribution in [0.5, 0.6) is 0 Å². The van der Waals surface area contributed by atoms with E-state index < -0.39 is 0 Å². The number of nitrogens with zero attached hydrogens (tertiary/aromatic N) is 1. The summed E-state index contributed by atoms with van der Waals surface area (Å²) >= 11 is 0. The Labute approximate surface area is 148 Å². The van der Waals surface area contributed by atoms with Crippen LogP contribution < -0.4 is 0 Å². The normalized spacial score (nSPS) is 16.5. The minimum atomic E-state index is -0.344. The van der Waals surface area contributed by atoms with E-state index in [-0.39, 0.29) is 11.9 Å². The van der Waals surface area contributed by atoms with E-state index >= 15 is 0 Å². The maximum Gasteiger partial charge on any atom is 0.341 e. The van der Waals surface area contributed by atoms with Crippen molar-refractivity contribution in [2.75, 3.05) is 33.4 Å². The predicted octanol–water partition coefficient (Wildman–Crippen LogP) is 4.34. The van der Waals surface area contributed by atoms with Gasteiger partial charge in [0, 0.05) is 6.54 Å². The van der Waals surface area contributed by atoms with Crippen LogP contribution in [0, 0.1) is 5.92 Å². The van der Waals surface area contributed by atoms with Gasteiger partial charge in [-0.15, -0.1) is 0 Å². The molecule has 0 heterocycles. The van der Waals surface area contributed by atoms with Crippen molar-refractivity contribution in [1.29, 1.82) is 0 Å². The molecule has 0 saturated carbocycles. The van der Waals surface area contributed by atoms with Crippen LogP contribution in [0.3, 0.4) is 0 Å². The molecule has 0 spiro atoms. The molecule has 0 aromatic rings. The van der Waals surface area contributed by atoms with Crippen LogP contribution in [0.2, 0.25) is 0 Å². The molecule has 0 aliphatic heterocycles. The van der Waals surface area contributed by atoms with Gasteiger partial charge in [-0.3, -0.25) is 0 Å². The van der Waals surface area contributed by atoms with Crippen LogP contribution >= 0.6 is 0 Å². The fraction of sp³-hybridized carbons (Fsp3) is 0.650. The van der Waals surface area contributed by atoms with Gasteiger partial charge in [-0.25, -0.2) is 4.79 Å². The van der Waals surface area contributed by atoms with Crippen molar-refractivity contribution in [3.63, 3.8) is 0 Å². The fourth-order valence-electron chi connectivity index (χ4n) is 2.43. The molecule has 4 nitrogen and oxygen atoms in total. The molecule has 1 aliphatic rings. The van der Waals surface area contributed by atoms with Gasteiger partial charge in [0.25, 0.3) is 0 Å². The van der Waals surface area contributed by atoms with Crippen molar-refractivity contribution in [3.05, 3.63) is 35.6 Å². The van der Waals surface area contributed by atoms with Gasteiger partial charge in [0.2, 0.25) is 0 Å². The molecule has 1 aliphatic carbocycles. The number of hydrogen-bond donors (Lipinski definition) is 0. The lowest BCUT2D eigenvalue weighted by Gasteiger charge is -2.19. The number of hydrogen-bond acceptors (Lipinski definition) is 4. The Hall–Kier alpha value is -1.55. The highest BCUT2D eigenvalue weighted by Gasteiger charge is 2.18. The first-order valence-corrected chi connectivity index (χ1v) is 9.16. The Kier molecular flexibility index (Phi) is 13.0. The summed E-state index contributed by atoms with van der Waals surface area (Å²) in [6.45, 7) is 14.2.